The highest BCUT2D eigenvalue weighted by atomic mass is 16.5. The Kier molecular flexibility index (Phi) is 50.4. The van der Waals surface area contributed by atoms with Gasteiger partial charge in [-0.2, -0.15) is 0 Å². The molecule has 416 valence electrons. The summed E-state index contributed by atoms with van der Waals surface area (Å²) in [5.74, 6) is -2.95. The number of carboxylic acids is 2. The van der Waals surface area contributed by atoms with E-state index in [1.165, 1.54) is 90.9 Å². The minimum absolute atomic E-state index is 0.0283. The quantitative estimate of drug-likeness (QED) is 0.0245. The third-order valence-corrected chi connectivity index (χ3v) is 12.1. The van der Waals surface area contributed by atoms with Crippen LogP contribution in [0.1, 0.15) is 245 Å². The van der Waals surface area contributed by atoms with E-state index in [4.69, 9.17) is 0 Å². The van der Waals surface area contributed by atoms with Crippen LogP contribution in [0.25, 0.3) is 0 Å². The van der Waals surface area contributed by atoms with Gasteiger partial charge in [0.25, 0.3) is 12.9 Å². The molecular formula is C54H96N4O14. The Morgan fingerprint density at radius 3 is 0.903 bits per heavy atom. The SMILES string of the molecule is CC(=O)CCC(=O)NCCCCC(NC(=O)CCCCCCCCCCCCCCOC=O)C(=O)O.CC(=O)CCC(=O)NCCCC[C@H](NC(=O)CCCCCCCCCCCCCCOC=O)C(=O)O. The van der Waals surface area contributed by atoms with E-state index in [0.717, 1.165) is 77.0 Å². The monoisotopic (exact) mass is 1020 g/mol. The Morgan fingerprint density at radius 1 is 0.361 bits per heavy atom. The highest BCUT2D eigenvalue weighted by Gasteiger charge is 2.20. The van der Waals surface area contributed by atoms with Gasteiger partial charge in [0.05, 0.1) is 13.2 Å². The Morgan fingerprint density at radius 2 is 0.639 bits per heavy atom. The number of ether oxygens (including phenoxy) is 2. The summed E-state index contributed by atoms with van der Waals surface area (Å²) < 4.78 is 9.33. The van der Waals surface area contributed by atoms with E-state index in [2.05, 4.69) is 30.7 Å². The van der Waals surface area contributed by atoms with E-state index in [-0.39, 0.29) is 60.9 Å². The molecule has 6 N–H and O–H groups in total. The van der Waals surface area contributed by atoms with Crippen LogP contribution in [0, 0.1) is 0 Å². The van der Waals surface area contributed by atoms with Crippen LogP contribution in [0.5, 0.6) is 0 Å². The number of carbonyl (C=O) groups is 10. The molecule has 18 heteroatoms. The molecular weight excluding hydrogens is 929 g/mol. The number of Topliss-reactive ketones (excluding diaryl/α,β-unsaturated/α-hetero) is 2. The van der Waals surface area contributed by atoms with Crippen LogP contribution in [-0.2, 0) is 57.4 Å². The standard InChI is InChI=1S/2C27H48N2O7/c2*1-23(31)18-19-25(32)28-20-14-13-16-24(27(34)35)29-26(33)17-12-10-8-6-4-2-3-5-7-9-11-15-21-36-22-30/h2*22,24H,2-21H2,1H3,(H,28,32)(H,29,33)(H,34,35)/t24-;/m0./s1. The molecule has 0 aliphatic carbocycles. The molecule has 0 fully saturated rings. The second-order valence-corrected chi connectivity index (χ2v) is 18.9. The van der Waals surface area contributed by atoms with Crippen molar-refractivity contribution < 1.29 is 67.6 Å². The number of carboxylic acid groups (broad SMARTS) is 2. The Bertz CT molecular complexity index is 1360. The fraction of sp³-hybridized carbons (Fsp3) is 0.815. The summed E-state index contributed by atoms with van der Waals surface area (Å²) in [7, 11) is 0. The van der Waals surface area contributed by atoms with Gasteiger partial charge in [0, 0.05) is 51.6 Å². The zero-order valence-corrected chi connectivity index (χ0v) is 44.4. The predicted molar refractivity (Wildman–Crippen MR) is 277 cm³/mol. The molecule has 0 spiro atoms. The van der Waals surface area contributed by atoms with Crippen LogP contribution in [0.3, 0.4) is 0 Å². The van der Waals surface area contributed by atoms with Crippen LogP contribution in [0.2, 0.25) is 0 Å². The smallest absolute Gasteiger partial charge is 0.326 e. The number of amides is 4. The van der Waals surface area contributed by atoms with Gasteiger partial charge in [-0.3, -0.25) is 28.8 Å². The Labute approximate surface area is 431 Å². The van der Waals surface area contributed by atoms with Crippen molar-refractivity contribution >= 4 is 60.1 Å². The normalized spacial score (nSPS) is 11.5. The summed E-state index contributed by atoms with van der Waals surface area (Å²) in [4.78, 5) is 112. The molecule has 0 aromatic rings. The first kappa shape index (κ1) is 69.2. The van der Waals surface area contributed by atoms with Gasteiger partial charge in [0.2, 0.25) is 23.6 Å². The topological polar surface area (TPSA) is 278 Å². The number of hydrogen-bond donors (Lipinski definition) is 6. The van der Waals surface area contributed by atoms with E-state index < -0.39 is 24.0 Å². The number of nitrogens with one attached hydrogen (secondary N) is 4. The van der Waals surface area contributed by atoms with E-state index in [1.807, 2.05) is 0 Å². The lowest BCUT2D eigenvalue weighted by Gasteiger charge is -2.14. The van der Waals surface area contributed by atoms with E-state index in [0.29, 0.717) is 90.6 Å². The molecule has 0 rings (SSSR count). The minimum atomic E-state index is -1.04. The first-order chi connectivity index (χ1) is 34.7. The summed E-state index contributed by atoms with van der Waals surface area (Å²) in [6.45, 7) is 5.80. The van der Waals surface area contributed by atoms with E-state index in [9.17, 15) is 58.2 Å². The van der Waals surface area contributed by atoms with Gasteiger partial charge in [-0.1, -0.05) is 128 Å². The predicted octanol–water partition coefficient (Wildman–Crippen LogP) is 8.91. The number of unbranched alkanes of at least 4 members (excludes halogenated alkanes) is 24. The lowest BCUT2D eigenvalue weighted by atomic mass is 10.0. The highest BCUT2D eigenvalue weighted by molar-refractivity contribution is 5.85. The molecule has 0 aromatic carbocycles. The fourth-order valence-electron chi connectivity index (χ4n) is 7.78. The molecule has 0 bridgehead atoms. The Balaban J connectivity index is 0. The van der Waals surface area contributed by atoms with Crippen molar-refractivity contribution in [1.82, 2.24) is 21.3 Å². The van der Waals surface area contributed by atoms with E-state index >= 15 is 0 Å². The zero-order valence-electron chi connectivity index (χ0n) is 44.4. The first-order valence-corrected chi connectivity index (χ1v) is 27.4. The van der Waals surface area contributed by atoms with Crippen LogP contribution >= 0.6 is 0 Å². The summed E-state index contributed by atoms with van der Waals surface area (Å²) in [6.07, 6.45) is 31.2. The maximum absolute atomic E-state index is 12.1. The van der Waals surface area contributed by atoms with Gasteiger partial charge in [-0.15, -0.1) is 0 Å². The van der Waals surface area contributed by atoms with Crippen LogP contribution in [0.4, 0.5) is 0 Å². The molecule has 72 heavy (non-hydrogen) atoms. The molecule has 0 saturated heterocycles. The van der Waals surface area contributed by atoms with Crippen LogP contribution in [-0.4, -0.2) is 109 Å². The fourth-order valence-corrected chi connectivity index (χ4v) is 7.78. The molecule has 2 atom stereocenters. The molecule has 1 unspecified atom stereocenters. The third-order valence-electron chi connectivity index (χ3n) is 12.1. The average molecular weight is 1030 g/mol. The van der Waals surface area contributed by atoms with Crippen molar-refractivity contribution in [3.05, 3.63) is 0 Å². The maximum Gasteiger partial charge on any atom is 0.326 e. The van der Waals surface area contributed by atoms with Gasteiger partial charge in [-0.25, -0.2) is 9.59 Å². The van der Waals surface area contributed by atoms with Gasteiger partial charge in [0.15, 0.2) is 0 Å². The average Bonchev–Trinajstić information content (AvgIpc) is 3.34. The lowest BCUT2D eigenvalue weighted by molar-refractivity contribution is -0.142. The minimum Gasteiger partial charge on any atom is -0.480 e. The molecule has 0 aliphatic heterocycles. The molecule has 0 heterocycles. The number of hydrogen-bond acceptors (Lipinski definition) is 12. The van der Waals surface area contributed by atoms with Gasteiger partial charge < -0.3 is 50.5 Å². The number of aliphatic carboxylic acids is 2. The van der Waals surface area contributed by atoms with Gasteiger partial charge in [-0.05, 0) is 78.1 Å². The van der Waals surface area contributed by atoms with Crippen LogP contribution in [0.15, 0.2) is 0 Å². The largest absolute Gasteiger partial charge is 0.480 e. The summed E-state index contributed by atoms with van der Waals surface area (Å²) in [5.41, 5.74) is 0. The van der Waals surface area contributed by atoms with Crippen molar-refractivity contribution in [2.75, 3.05) is 26.3 Å². The van der Waals surface area contributed by atoms with Crippen molar-refractivity contribution in [2.24, 2.45) is 0 Å². The van der Waals surface area contributed by atoms with Gasteiger partial charge in [0.1, 0.15) is 23.7 Å². The number of rotatable bonds is 52. The third kappa shape index (κ3) is 52.9. The highest BCUT2D eigenvalue weighted by Crippen LogP contribution is 2.15. The summed E-state index contributed by atoms with van der Waals surface area (Å²) in [5, 5.41) is 29.4. The second kappa shape index (κ2) is 52.4. The Hall–Kier alpha value is -4.90. The molecule has 18 nitrogen and oxygen atoms in total. The summed E-state index contributed by atoms with van der Waals surface area (Å²) in [6, 6.07) is -1.81. The lowest BCUT2D eigenvalue weighted by Crippen LogP contribution is -2.40. The summed E-state index contributed by atoms with van der Waals surface area (Å²) >= 11 is 0. The first-order valence-electron chi connectivity index (χ1n) is 27.4. The molecule has 0 saturated carbocycles. The maximum atomic E-state index is 12.1. The molecule has 0 radical (unpaired) electrons. The van der Waals surface area contributed by atoms with Crippen molar-refractivity contribution in [3.63, 3.8) is 0 Å². The molecule has 4 amide bonds. The van der Waals surface area contributed by atoms with Crippen LogP contribution < -0.4 is 21.3 Å². The molecule has 0 aromatic heterocycles. The van der Waals surface area contributed by atoms with Crippen molar-refractivity contribution in [1.29, 1.82) is 0 Å². The number of ketones is 2. The van der Waals surface area contributed by atoms with Gasteiger partial charge >= 0.3 is 11.9 Å². The van der Waals surface area contributed by atoms with E-state index in [1.54, 1.807) is 0 Å². The molecule has 0 aliphatic rings. The zero-order chi connectivity index (χ0) is 53.7. The van der Waals surface area contributed by atoms with Crippen molar-refractivity contribution in [3.8, 4) is 0 Å². The number of carbonyl (C=O) groups excluding carboxylic acids is 8. The van der Waals surface area contributed by atoms with Crippen molar-refractivity contribution in [2.45, 2.75) is 257 Å². The second-order valence-electron chi connectivity index (χ2n) is 18.9.